The van der Waals surface area contributed by atoms with Gasteiger partial charge >= 0.3 is 0 Å². The second-order valence-corrected chi connectivity index (χ2v) is 7.90. The molecule has 3 aromatic carbocycles. The first-order valence-corrected chi connectivity index (χ1v) is 10.6. The second-order valence-electron chi connectivity index (χ2n) is 7.49. The molecule has 0 bridgehead atoms. The third kappa shape index (κ3) is 4.95. The van der Waals surface area contributed by atoms with Crippen LogP contribution in [0.2, 0.25) is 5.02 Å². The highest BCUT2D eigenvalue weighted by Gasteiger charge is 2.11. The zero-order valence-corrected chi connectivity index (χ0v) is 17.3. The number of halogens is 1. The monoisotopic (exact) mass is 410 g/mol. The van der Waals surface area contributed by atoms with Gasteiger partial charge in [-0.05, 0) is 50.2 Å². The summed E-state index contributed by atoms with van der Waals surface area (Å²) in [6, 6.07) is 17.6. The number of hydrogen-bond donors (Lipinski definition) is 1. The molecular formula is C24H27ClN2O2. The maximum absolute atomic E-state index is 6.48. The van der Waals surface area contributed by atoms with Crippen LogP contribution in [0.3, 0.4) is 0 Å². The highest BCUT2D eigenvalue weighted by molar-refractivity contribution is 6.31. The molecule has 5 heteroatoms. The van der Waals surface area contributed by atoms with E-state index >= 15 is 0 Å². The van der Waals surface area contributed by atoms with Crippen LogP contribution in [0, 0.1) is 0 Å². The number of likely N-dealkylation sites (tertiary alicyclic amines) is 1. The van der Waals surface area contributed by atoms with Gasteiger partial charge in [-0.15, -0.1) is 0 Å². The average molecular weight is 411 g/mol. The number of nitrogens with two attached hydrogens (primary N) is 1. The molecule has 0 aliphatic carbocycles. The van der Waals surface area contributed by atoms with Gasteiger partial charge in [0, 0.05) is 28.6 Å². The topological polar surface area (TPSA) is 47.7 Å². The van der Waals surface area contributed by atoms with Gasteiger partial charge in [-0.3, -0.25) is 4.90 Å². The van der Waals surface area contributed by atoms with E-state index in [0.717, 1.165) is 40.1 Å². The number of hydrogen-bond acceptors (Lipinski definition) is 4. The molecule has 4 nitrogen and oxygen atoms in total. The summed E-state index contributed by atoms with van der Waals surface area (Å²) in [5, 5.41) is 2.65. The first-order chi connectivity index (χ1) is 14.2. The molecule has 0 aromatic heterocycles. The normalized spacial score (nSPS) is 14.8. The Kier molecular flexibility index (Phi) is 6.43. The van der Waals surface area contributed by atoms with Crippen LogP contribution in [0.4, 0.5) is 5.69 Å². The Morgan fingerprint density at radius 3 is 2.48 bits per heavy atom. The quantitative estimate of drug-likeness (QED) is 0.521. The summed E-state index contributed by atoms with van der Waals surface area (Å²) in [6.07, 6.45) is 3.94. The zero-order valence-electron chi connectivity index (χ0n) is 16.6. The molecule has 4 rings (SSSR count). The van der Waals surface area contributed by atoms with Crippen LogP contribution in [0.25, 0.3) is 10.8 Å². The lowest BCUT2D eigenvalue weighted by Gasteiger charge is -2.26. The van der Waals surface area contributed by atoms with Crippen LogP contribution in [-0.2, 0) is 6.61 Å². The van der Waals surface area contributed by atoms with Crippen LogP contribution in [0.1, 0.15) is 24.8 Å². The molecular weight excluding hydrogens is 384 g/mol. The van der Waals surface area contributed by atoms with E-state index in [1.54, 1.807) is 0 Å². The van der Waals surface area contributed by atoms with E-state index in [-0.39, 0.29) is 0 Å². The number of benzene rings is 3. The smallest absolute Gasteiger partial charge is 0.127 e. The van der Waals surface area contributed by atoms with Crippen molar-refractivity contribution in [1.29, 1.82) is 0 Å². The molecule has 29 heavy (non-hydrogen) atoms. The summed E-state index contributed by atoms with van der Waals surface area (Å²) in [5.41, 5.74) is 7.74. The molecule has 1 saturated heterocycles. The standard InChI is InChI=1S/C24H27ClN2O2/c25-22-16-19(28-15-14-27-12-4-1-5-13-27)9-8-18(22)17-29-24-11-10-23(26)20-6-2-3-7-21(20)24/h2-3,6-11,16H,1,4-5,12-15,17,26H2. The Hall–Kier alpha value is -2.43. The Bertz CT molecular complexity index is 970. The molecule has 2 N–H and O–H groups in total. The van der Waals surface area contributed by atoms with Gasteiger partial charge in [0.2, 0.25) is 0 Å². The molecule has 0 spiro atoms. The summed E-state index contributed by atoms with van der Waals surface area (Å²) >= 11 is 6.48. The van der Waals surface area contributed by atoms with Crippen LogP contribution in [0.15, 0.2) is 54.6 Å². The minimum Gasteiger partial charge on any atom is -0.492 e. The third-order valence-electron chi connectivity index (χ3n) is 5.45. The van der Waals surface area contributed by atoms with Crippen LogP contribution in [0.5, 0.6) is 11.5 Å². The van der Waals surface area contributed by atoms with E-state index in [1.807, 2.05) is 54.6 Å². The molecule has 1 fully saturated rings. The number of nitrogen functional groups attached to an aromatic ring is 1. The Balaban J connectivity index is 1.36. The van der Waals surface area contributed by atoms with E-state index in [9.17, 15) is 0 Å². The van der Waals surface area contributed by atoms with E-state index < -0.39 is 0 Å². The Morgan fingerprint density at radius 1 is 0.897 bits per heavy atom. The predicted molar refractivity (Wildman–Crippen MR) is 120 cm³/mol. The SMILES string of the molecule is Nc1ccc(OCc2ccc(OCCN3CCCCC3)cc2Cl)c2ccccc12. The van der Waals surface area contributed by atoms with E-state index in [2.05, 4.69) is 4.90 Å². The van der Waals surface area contributed by atoms with Crippen molar-refractivity contribution in [3.8, 4) is 11.5 Å². The van der Waals surface area contributed by atoms with E-state index in [4.69, 9.17) is 26.8 Å². The van der Waals surface area contributed by atoms with Crippen molar-refractivity contribution >= 4 is 28.1 Å². The first kappa shape index (κ1) is 19.9. The van der Waals surface area contributed by atoms with Crippen LogP contribution >= 0.6 is 11.6 Å². The highest BCUT2D eigenvalue weighted by atomic mass is 35.5. The van der Waals surface area contributed by atoms with Gasteiger partial charge in [-0.25, -0.2) is 0 Å². The van der Waals surface area contributed by atoms with Gasteiger partial charge in [-0.2, -0.15) is 0 Å². The van der Waals surface area contributed by atoms with E-state index in [0.29, 0.717) is 18.2 Å². The molecule has 152 valence electrons. The minimum atomic E-state index is 0.390. The van der Waals surface area contributed by atoms with Crippen molar-refractivity contribution in [2.75, 3.05) is 32.0 Å². The summed E-state index contributed by atoms with van der Waals surface area (Å²) in [5.74, 6) is 1.60. The summed E-state index contributed by atoms with van der Waals surface area (Å²) in [7, 11) is 0. The molecule has 1 aliphatic rings. The zero-order chi connectivity index (χ0) is 20.1. The lowest BCUT2D eigenvalue weighted by Crippen LogP contribution is -2.33. The van der Waals surface area contributed by atoms with Crippen molar-refractivity contribution in [1.82, 2.24) is 4.90 Å². The molecule has 0 amide bonds. The number of fused-ring (bicyclic) bond motifs is 1. The lowest BCUT2D eigenvalue weighted by molar-refractivity contribution is 0.183. The van der Waals surface area contributed by atoms with Crippen molar-refractivity contribution in [3.05, 3.63) is 65.2 Å². The van der Waals surface area contributed by atoms with Gasteiger partial charge in [0.25, 0.3) is 0 Å². The molecule has 0 saturated carbocycles. The van der Waals surface area contributed by atoms with Gasteiger partial charge < -0.3 is 15.2 Å². The van der Waals surface area contributed by atoms with Crippen LogP contribution in [-0.4, -0.2) is 31.1 Å². The fourth-order valence-corrected chi connectivity index (χ4v) is 4.01. The highest BCUT2D eigenvalue weighted by Crippen LogP contribution is 2.31. The number of piperidine rings is 1. The number of rotatable bonds is 7. The predicted octanol–water partition coefficient (Wildman–Crippen LogP) is 5.52. The fraction of sp³-hybridized carbons (Fsp3) is 0.333. The van der Waals surface area contributed by atoms with Gasteiger partial charge in [-0.1, -0.05) is 48.4 Å². The van der Waals surface area contributed by atoms with Crippen molar-refractivity contribution < 1.29 is 9.47 Å². The molecule has 0 radical (unpaired) electrons. The first-order valence-electron chi connectivity index (χ1n) is 10.2. The third-order valence-corrected chi connectivity index (χ3v) is 5.80. The average Bonchev–Trinajstić information content (AvgIpc) is 2.75. The minimum absolute atomic E-state index is 0.390. The van der Waals surface area contributed by atoms with Crippen LogP contribution < -0.4 is 15.2 Å². The van der Waals surface area contributed by atoms with E-state index in [1.165, 1.54) is 32.4 Å². The van der Waals surface area contributed by atoms with Gasteiger partial charge in [0.1, 0.15) is 24.7 Å². The Morgan fingerprint density at radius 2 is 1.69 bits per heavy atom. The molecule has 3 aromatic rings. The second kappa shape index (κ2) is 9.38. The molecule has 0 unspecified atom stereocenters. The maximum Gasteiger partial charge on any atom is 0.127 e. The summed E-state index contributed by atoms with van der Waals surface area (Å²) < 4.78 is 12.0. The van der Waals surface area contributed by atoms with Gasteiger partial charge in [0.15, 0.2) is 0 Å². The summed E-state index contributed by atoms with van der Waals surface area (Å²) in [4.78, 5) is 2.46. The summed E-state index contributed by atoms with van der Waals surface area (Å²) in [6.45, 7) is 4.40. The molecule has 1 aliphatic heterocycles. The van der Waals surface area contributed by atoms with Gasteiger partial charge in [0.05, 0.1) is 5.02 Å². The lowest BCUT2D eigenvalue weighted by atomic mass is 10.1. The van der Waals surface area contributed by atoms with Crippen molar-refractivity contribution in [2.24, 2.45) is 0 Å². The van der Waals surface area contributed by atoms with Crippen molar-refractivity contribution in [3.63, 3.8) is 0 Å². The molecule has 1 heterocycles. The van der Waals surface area contributed by atoms with Crippen molar-refractivity contribution in [2.45, 2.75) is 25.9 Å². The largest absolute Gasteiger partial charge is 0.492 e. The molecule has 0 atom stereocenters. The number of anilines is 1. The number of ether oxygens (including phenoxy) is 2. The Labute approximate surface area is 177 Å². The fourth-order valence-electron chi connectivity index (χ4n) is 3.79. The maximum atomic E-state index is 6.48. The number of nitrogens with zero attached hydrogens (tertiary/aromatic N) is 1.